The van der Waals surface area contributed by atoms with Crippen LogP contribution < -0.4 is 0 Å². The van der Waals surface area contributed by atoms with E-state index < -0.39 is 4.92 Å². The van der Waals surface area contributed by atoms with Gasteiger partial charge < -0.3 is 48.3 Å². The lowest BCUT2D eigenvalue weighted by Crippen LogP contribution is -2.08. The van der Waals surface area contributed by atoms with E-state index in [4.69, 9.17) is 22.3 Å². The SMILES string of the molecule is CCn1cc(-c2c(C#N)ccn2C)cc1C(C)=O.CCn1cc(-c2c(C(=N)CO)ncn2C)cc1C(C)=O.[C-]#[N+]c1ncn(C)c1-c1cc(C(C)=O)n(CC)c1[N+](=O)[O-]. The number of nitro groups is 1. The second kappa shape index (κ2) is 18.7. The average molecular weight is 803 g/mol. The summed E-state index contributed by atoms with van der Waals surface area (Å²) in [4.78, 5) is 57.1. The molecule has 6 heterocycles. The topological polar surface area (TPSA) is 222 Å². The van der Waals surface area contributed by atoms with Crippen LogP contribution in [-0.4, -0.2) is 77.1 Å². The van der Waals surface area contributed by atoms with Crippen molar-refractivity contribution in [1.29, 1.82) is 10.7 Å². The number of carbonyl (C=O) groups is 3. The molecule has 18 heteroatoms. The first-order valence-electron chi connectivity index (χ1n) is 18.5. The molecule has 0 fully saturated rings. The van der Waals surface area contributed by atoms with Gasteiger partial charge in [0.25, 0.3) is 5.82 Å². The largest absolute Gasteiger partial charge is 0.390 e. The second-order valence-electron chi connectivity index (χ2n) is 13.4. The highest BCUT2D eigenvalue weighted by Crippen LogP contribution is 2.38. The van der Waals surface area contributed by atoms with Crippen LogP contribution in [0.3, 0.4) is 0 Å². The lowest BCUT2D eigenvalue weighted by molar-refractivity contribution is -0.391. The molecule has 59 heavy (non-hydrogen) atoms. The number of rotatable bonds is 12. The van der Waals surface area contributed by atoms with Crippen molar-refractivity contribution in [2.24, 2.45) is 21.1 Å². The van der Waals surface area contributed by atoms with Gasteiger partial charge in [0, 0.05) is 90.8 Å². The fourth-order valence-corrected chi connectivity index (χ4v) is 6.78. The molecule has 0 atom stereocenters. The van der Waals surface area contributed by atoms with Gasteiger partial charge in [0.05, 0.1) is 64.8 Å². The summed E-state index contributed by atoms with van der Waals surface area (Å²) in [6.07, 6.45) is 8.67. The van der Waals surface area contributed by atoms with Crippen LogP contribution in [0.2, 0.25) is 0 Å². The van der Waals surface area contributed by atoms with Crippen molar-refractivity contribution in [2.75, 3.05) is 6.61 Å². The molecule has 0 aromatic carbocycles. The first-order valence-corrected chi connectivity index (χ1v) is 18.5. The Bertz CT molecular complexity index is 2660. The van der Waals surface area contributed by atoms with Crippen LogP contribution in [0.4, 0.5) is 11.6 Å². The van der Waals surface area contributed by atoms with Gasteiger partial charge in [0.1, 0.15) is 11.8 Å². The minimum Gasteiger partial charge on any atom is -0.390 e. The predicted octanol–water partition coefficient (Wildman–Crippen LogP) is 6.63. The molecule has 6 aromatic rings. The van der Waals surface area contributed by atoms with E-state index in [1.54, 1.807) is 48.5 Å². The molecule has 0 saturated heterocycles. The number of hydrogen-bond acceptors (Lipinski definition) is 10. The van der Waals surface area contributed by atoms with Crippen molar-refractivity contribution < 1.29 is 24.4 Å². The first-order chi connectivity index (χ1) is 28.0. The van der Waals surface area contributed by atoms with E-state index in [9.17, 15) is 24.5 Å². The highest BCUT2D eigenvalue weighted by atomic mass is 16.6. The van der Waals surface area contributed by atoms with Crippen LogP contribution in [0.15, 0.2) is 55.5 Å². The number of aliphatic hydroxyl groups is 1. The quantitative estimate of drug-likeness (QED) is 0.0445. The molecule has 306 valence electrons. The number of nitrogens with one attached hydrogen (secondary N) is 1. The van der Waals surface area contributed by atoms with Gasteiger partial charge >= 0.3 is 5.82 Å². The van der Waals surface area contributed by atoms with E-state index in [-0.39, 0.29) is 59.1 Å². The fraction of sp³-hybridized carbons (Fsp3) is 0.317. The van der Waals surface area contributed by atoms with Gasteiger partial charge in [-0.2, -0.15) is 5.26 Å². The highest BCUT2D eigenvalue weighted by molar-refractivity contribution is 6.03. The van der Waals surface area contributed by atoms with Crippen LogP contribution in [0.25, 0.3) is 38.6 Å². The third-order valence-electron chi connectivity index (χ3n) is 9.51. The van der Waals surface area contributed by atoms with Crippen LogP contribution in [0.5, 0.6) is 0 Å². The molecule has 0 saturated carbocycles. The minimum absolute atomic E-state index is 0.000877. The molecule has 0 bridgehead atoms. The number of nitriles is 1. The zero-order chi connectivity index (χ0) is 43.9. The Morgan fingerprint density at radius 2 is 1.37 bits per heavy atom. The molecule has 6 aromatic heterocycles. The third-order valence-corrected chi connectivity index (χ3v) is 9.51. The van der Waals surface area contributed by atoms with E-state index in [1.807, 2.05) is 66.3 Å². The summed E-state index contributed by atoms with van der Waals surface area (Å²) >= 11 is 0. The van der Waals surface area contributed by atoms with Crippen LogP contribution in [0, 0.1) is 33.4 Å². The molecule has 6 rings (SSSR count). The van der Waals surface area contributed by atoms with Crippen molar-refractivity contribution in [1.82, 2.24) is 37.4 Å². The Morgan fingerprint density at radius 3 is 1.81 bits per heavy atom. The smallest absolute Gasteiger partial charge is 0.331 e. The monoisotopic (exact) mass is 802 g/mol. The summed E-state index contributed by atoms with van der Waals surface area (Å²) in [5, 5.41) is 37.4. The standard InChI is InChI=1S/C14H18N4O2.C14H15N3O.C13H13N5O3/c1-4-18-6-10(5-12(18)9(2)20)14-13(11(15)7-19)16-8-17(14)3;1-4-17-9-12(7-13(17)10(2)18)14-11(8-15)5-6-16(14)3;1-5-17-10(8(2)19)6-9(13(17)18(20)21)11-12(14-3)15-7-16(11)4/h5-6,8,15,19H,4,7H2,1-3H3;5-7,9H,4H2,1-3H3;6-7H,5H2,1-2,4H3. The molecule has 0 unspecified atom stereocenters. The van der Waals surface area contributed by atoms with E-state index in [0.717, 1.165) is 29.1 Å². The van der Waals surface area contributed by atoms with E-state index in [2.05, 4.69) is 20.9 Å². The summed E-state index contributed by atoms with van der Waals surface area (Å²) < 4.78 is 10.4. The Labute approximate surface area is 340 Å². The lowest BCUT2D eigenvalue weighted by atomic mass is 10.1. The summed E-state index contributed by atoms with van der Waals surface area (Å²) in [7, 11) is 5.37. The van der Waals surface area contributed by atoms with Gasteiger partial charge in [-0.05, 0) is 43.9 Å². The van der Waals surface area contributed by atoms with Gasteiger partial charge in [-0.25, -0.2) is 9.55 Å². The maximum absolute atomic E-state index is 11.7. The van der Waals surface area contributed by atoms with Gasteiger partial charge in [0.15, 0.2) is 29.4 Å². The van der Waals surface area contributed by atoms with Crippen molar-refractivity contribution in [3.05, 3.63) is 105 Å². The summed E-state index contributed by atoms with van der Waals surface area (Å²) in [6, 6.07) is 9.07. The molecule has 0 radical (unpaired) electrons. The summed E-state index contributed by atoms with van der Waals surface area (Å²) in [5.74, 6) is -0.354. The first kappa shape index (κ1) is 44.3. The molecule has 0 aliphatic rings. The number of carbonyl (C=O) groups excluding carboxylic acids is 3. The van der Waals surface area contributed by atoms with Crippen LogP contribution >= 0.6 is 0 Å². The zero-order valence-electron chi connectivity index (χ0n) is 34.4. The minimum atomic E-state index is -0.536. The fourth-order valence-electron chi connectivity index (χ4n) is 6.78. The van der Waals surface area contributed by atoms with Crippen LogP contribution in [0.1, 0.15) is 84.3 Å². The third kappa shape index (κ3) is 8.93. The van der Waals surface area contributed by atoms with Crippen molar-refractivity contribution >= 4 is 34.7 Å². The number of ketones is 3. The molecular formula is C41H46N12O6. The Hall–Kier alpha value is -7.44. The Morgan fingerprint density at radius 1 is 0.847 bits per heavy atom. The van der Waals surface area contributed by atoms with Gasteiger partial charge in [-0.1, -0.05) is 6.57 Å². The summed E-state index contributed by atoms with van der Waals surface area (Å²) in [5.41, 5.74) is 6.58. The van der Waals surface area contributed by atoms with Crippen molar-refractivity contribution in [2.45, 2.75) is 61.2 Å². The number of aliphatic hydroxyl groups excluding tert-OH is 1. The number of nitrogens with zero attached hydrogens (tertiary/aromatic N) is 11. The summed E-state index contributed by atoms with van der Waals surface area (Å²) in [6.45, 7) is 18.6. The predicted molar refractivity (Wildman–Crippen MR) is 221 cm³/mol. The molecular weight excluding hydrogens is 757 g/mol. The van der Waals surface area contributed by atoms with Gasteiger partial charge in [0.2, 0.25) is 0 Å². The van der Waals surface area contributed by atoms with Crippen molar-refractivity contribution in [3.63, 3.8) is 0 Å². The second-order valence-corrected chi connectivity index (χ2v) is 13.4. The lowest BCUT2D eigenvalue weighted by Gasteiger charge is -2.04. The maximum Gasteiger partial charge on any atom is 0.331 e. The van der Waals surface area contributed by atoms with Gasteiger partial charge in [-0.3, -0.25) is 14.4 Å². The number of imidazole rings is 2. The van der Waals surface area contributed by atoms with Crippen molar-refractivity contribution in [3.8, 4) is 39.8 Å². The van der Waals surface area contributed by atoms with E-state index in [1.165, 1.54) is 30.8 Å². The number of hydrogen-bond donors (Lipinski definition) is 2. The molecule has 0 spiro atoms. The molecule has 2 N–H and O–H groups in total. The highest BCUT2D eigenvalue weighted by Gasteiger charge is 2.30. The maximum atomic E-state index is 11.7. The molecule has 18 nitrogen and oxygen atoms in total. The van der Waals surface area contributed by atoms with Crippen LogP contribution in [-0.2, 0) is 40.8 Å². The number of Topliss-reactive ketones (excluding diaryl/α,β-unsaturated/α-hetero) is 3. The molecule has 0 aliphatic carbocycles. The average Bonchev–Trinajstić information content (AvgIpc) is 4.06. The van der Waals surface area contributed by atoms with Gasteiger partial charge in [-0.15, -0.1) is 4.98 Å². The normalized spacial score (nSPS) is 10.5. The van der Waals surface area contributed by atoms with E-state index >= 15 is 0 Å². The number of aromatic nitrogens is 8. The molecule has 0 aliphatic heterocycles. The zero-order valence-corrected chi connectivity index (χ0v) is 34.4. The molecule has 0 amide bonds. The van der Waals surface area contributed by atoms with E-state index in [0.29, 0.717) is 34.9 Å². The Balaban J connectivity index is 0.000000196. The number of aryl methyl sites for hydroxylation is 5. The Kier molecular flexibility index (Phi) is 14.0.